The molecule has 0 saturated heterocycles. The van der Waals surface area contributed by atoms with Gasteiger partial charge in [-0.3, -0.25) is 4.79 Å². The summed E-state index contributed by atoms with van der Waals surface area (Å²) in [6.07, 6.45) is 3.39. The first kappa shape index (κ1) is 10.6. The first-order valence-electron chi connectivity index (χ1n) is 4.86. The summed E-state index contributed by atoms with van der Waals surface area (Å²) in [5.74, 6) is -0.00815. The third kappa shape index (κ3) is 2.58. The molecule has 2 N–H and O–H groups in total. The molecular formula is C13H11NOS. The molecule has 16 heavy (non-hydrogen) atoms. The summed E-state index contributed by atoms with van der Waals surface area (Å²) in [5.41, 5.74) is 7.92. The summed E-state index contributed by atoms with van der Waals surface area (Å²) in [7, 11) is 0. The summed E-state index contributed by atoms with van der Waals surface area (Å²) in [5, 5.41) is 3.97. The van der Waals surface area contributed by atoms with Gasteiger partial charge in [0.05, 0.1) is 0 Å². The molecule has 2 nitrogen and oxygen atoms in total. The minimum atomic E-state index is -0.00815. The molecule has 2 aromatic rings. The summed E-state index contributed by atoms with van der Waals surface area (Å²) in [6.45, 7) is 0. The van der Waals surface area contributed by atoms with Gasteiger partial charge in [-0.2, -0.15) is 11.3 Å². The van der Waals surface area contributed by atoms with Crippen LogP contribution in [-0.4, -0.2) is 5.78 Å². The number of carbonyl (C=O) groups is 1. The van der Waals surface area contributed by atoms with Crippen molar-refractivity contribution in [3.63, 3.8) is 0 Å². The van der Waals surface area contributed by atoms with Crippen LogP contribution in [0.4, 0.5) is 5.69 Å². The SMILES string of the molecule is Nc1ccc(C(=O)/C=C/c2ccsc2)cc1. The van der Waals surface area contributed by atoms with Gasteiger partial charge in [0.25, 0.3) is 0 Å². The first-order valence-corrected chi connectivity index (χ1v) is 5.80. The standard InChI is InChI=1S/C13H11NOS/c14-12-4-2-11(3-5-12)13(15)6-1-10-7-8-16-9-10/h1-9H,14H2/b6-1+. The van der Waals surface area contributed by atoms with E-state index >= 15 is 0 Å². The van der Waals surface area contributed by atoms with E-state index in [1.807, 2.05) is 22.9 Å². The Hall–Kier alpha value is -1.87. The zero-order valence-electron chi connectivity index (χ0n) is 8.59. The fraction of sp³-hybridized carbons (Fsp3) is 0. The van der Waals surface area contributed by atoms with Gasteiger partial charge in [0, 0.05) is 11.3 Å². The first-order chi connectivity index (χ1) is 7.75. The van der Waals surface area contributed by atoms with Crippen LogP contribution < -0.4 is 5.73 Å². The predicted octanol–water partition coefficient (Wildman–Crippen LogP) is 3.23. The number of anilines is 1. The summed E-state index contributed by atoms with van der Waals surface area (Å²) >= 11 is 1.61. The fourth-order valence-corrected chi connectivity index (χ4v) is 1.91. The Balaban J connectivity index is 2.11. The van der Waals surface area contributed by atoms with Crippen molar-refractivity contribution in [2.24, 2.45) is 0 Å². The van der Waals surface area contributed by atoms with Gasteiger partial charge in [-0.25, -0.2) is 0 Å². The third-order valence-electron chi connectivity index (χ3n) is 2.17. The number of benzene rings is 1. The Morgan fingerprint density at radius 1 is 1.19 bits per heavy atom. The van der Waals surface area contributed by atoms with E-state index in [0.29, 0.717) is 11.3 Å². The number of allylic oxidation sites excluding steroid dienone is 1. The lowest BCUT2D eigenvalue weighted by atomic mass is 10.1. The maximum atomic E-state index is 11.7. The Morgan fingerprint density at radius 3 is 2.56 bits per heavy atom. The molecule has 3 heteroatoms. The van der Waals surface area contributed by atoms with Crippen LogP contribution in [0.25, 0.3) is 6.08 Å². The Labute approximate surface area is 98.0 Å². The summed E-state index contributed by atoms with van der Waals surface area (Å²) in [4.78, 5) is 11.7. The largest absolute Gasteiger partial charge is 0.399 e. The molecular weight excluding hydrogens is 218 g/mol. The number of hydrogen-bond donors (Lipinski definition) is 1. The molecule has 0 radical (unpaired) electrons. The Morgan fingerprint density at radius 2 is 1.94 bits per heavy atom. The molecule has 80 valence electrons. The third-order valence-corrected chi connectivity index (χ3v) is 2.87. The summed E-state index contributed by atoms with van der Waals surface area (Å²) in [6, 6.07) is 8.89. The van der Waals surface area contributed by atoms with E-state index in [-0.39, 0.29) is 5.78 Å². The molecule has 1 heterocycles. The normalized spacial score (nSPS) is 10.8. The van der Waals surface area contributed by atoms with Gasteiger partial charge in [-0.15, -0.1) is 0 Å². The van der Waals surface area contributed by atoms with Crippen molar-refractivity contribution in [3.8, 4) is 0 Å². The predicted molar refractivity (Wildman–Crippen MR) is 68.5 cm³/mol. The average molecular weight is 229 g/mol. The topological polar surface area (TPSA) is 43.1 Å². The molecule has 0 aliphatic rings. The lowest BCUT2D eigenvalue weighted by molar-refractivity contribution is 0.104. The van der Waals surface area contributed by atoms with Crippen LogP contribution in [-0.2, 0) is 0 Å². The van der Waals surface area contributed by atoms with E-state index in [2.05, 4.69) is 0 Å². The van der Waals surface area contributed by atoms with Crippen molar-refractivity contribution in [2.45, 2.75) is 0 Å². The van der Waals surface area contributed by atoms with Crippen LogP contribution in [0.2, 0.25) is 0 Å². The van der Waals surface area contributed by atoms with Crippen LogP contribution in [0.1, 0.15) is 15.9 Å². The lowest BCUT2D eigenvalue weighted by Gasteiger charge is -1.96. The molecule has 0 saturated carbocycles. The molecule has 1 aromatic heterocycles. The number of ketones is 1. The second-order valence-corrected chi connectivity index (χ2v) is 4.16. The van der Waals surface area contributed by atoms with E-state index in [1.54, 1.807) is 41.7 Å². The number of nitrogens with two attached hydrogens (primary N) is 1. The smallest absolute Gasteiger partial charge is 0.185 e. The molecule has 2 rings (SSSR count). The highest BCUT2D eigenvalue weighted by molar-refractivity contribution is 7.08. The summed E-state index contributed by atoms with van der Waals surface area (Å²) < 4.78 is 0. The van der Waals surface area contributed by atoms with Gasteiger partial charge in [-0.1, -0.05) is 6.08 Å². The van der Waals surface area contributed by atoms with Crippen LogP contribution in [0.3, 0.4) is 0 Å². The van der Waals surface area contributed by atoms with Crippen molar-refractivity contribution < 1.29 is 4.79 Å². The second-order valence-electron chi connectivity index (χ2n) is 3.38. The van der Waals surface area contributed by atoms with Crippen molar-refractivity contribution >= 4 is 28.9 Å². The van der Waals surface area contributed by atoms with Crippen molar-refractivity contribution in [1.29, 1.82) is 0 Å². The van der Waals surface area contributed by atoms with Crippen molar-refractivity contribution in [2.75, 3.05) is 5.73 Å². The molecule has 0 amide bonds. The Kier molecular flexibility index (Phi) is 3.17. The van der Waals surface area contributed by atoms with Gasteiger partial charge in [-0.05, 0) is 52.7 Å². The molecule has 1 aromatic carbocycles. The highest BCUT2D eigenvalue weighted by atomic mass is 32.1. The van der Waals surface area contributed by atoms with Gasteiger partial charge in [0.15, 0.2) is 5.78 Å². The van der Waals surface area contributed by atoms with Crippen molar-refractivity contribution in [1.82, 2.24) is 0 Å². The Bertz CT molecular complexity index is 497. The number of carbonyl (C=O) groups excluding carboxylic acids is 1. The van der Waals surface area contributed by atoms with Gasteiger partial charge < -0.3 is 5.73 Å². The average Bonchev–Trinajstić information content (AvgIpc) is 2.80. The molecule has 0 aliphatic carbocycles. The van der Waals surface area contributed by atoms with E-state index in [9.17, 15) is 4.79 Å². The molecule has 0 spiro atoms. The van der Waals surface area contributed by atoms with E-state index in [1.165, 1.54) is 0 Å². The quantitative estimate of drug-likeness (QED) is 0.499. The van der Waals surface area contributed by atoms with Gasteiger partial charge >= 0.3 is 0 Å². The van der Waals surface area contributed by atoms with E-state index in [4.69, 9.17) is 5.73 Å². The highest BCUT2D eigenvalue weighted by Gasteiger charge is 2.00. The monoisotopic (exact) mass is 229 g/mol. The van der Waals surface area contributed by atoms with Gasteiger partial charge in [0.1, 0.15) is 0 Å². The second kappa shape index (κ2) is 4.77. The van der Waals surface area contributed by atoms with Crippen LogP contribution in [0, 0.1) is 0 Å². The lowest BCUT2D eigenvalue weighted by Crippen LogP contribution is -1.94. The molecule has 0 atom stereocenters. The molecule has 0 aliphatic heterocycles. The molecule has 0 bridgehead atoms. The number of hydrogen-bond acceptors (Lipinski definition) is 3. The van der Waals surface area contributed by atoms with Crippen LogP contribution in [0.5, 0.6) is 0 Å². The fourth-order valence-electron chi connectivity index (χ4n) is 1.29. The van der Waals surface area contributed by atoms with E-state index < -0.39 is 0 Å². The number of thiophene rings is 1. The molecule has 0 fully saturated rings. The zero-order valence-corrected chi connectivity index (χ0v) is 9.41. The maximum absolute atomic E-state index is 11.7. The number of nitrogen functional groups attached to an aromatic ring is 1. The highest BCUT2D eigenvalue weighted by Crippen LogP contribution is 2.10. The minimum absolute atomic E-state index is 0.00815. The molecule has 0 unspecified atom stereocenters. The van der Waals surface area contributed by atoms with E-state index in [0.717, 1.165) is 5.56 Å². The minimum Gasteiger partial charge on any atom is -0.399 e. The van der Waals surface area contributed by atoms with Crippen LogP contribution in [0.15, 0.2) is 47.2 Å². The van der Waals surface area contributed by atoms with Gasteiger partial charge in [0.2, 0.25) is 0 Å². The maximum Gasteiger partial charge on any atom is 0.185 e. The van der Waals surface area contributed by atoms with Crippen molar-refractivity contribution in [3.05, 3.63) is 58.3 Å². The zero-order chi connectivity index (χ0) is 11.4. The number of rotatable bonds is 3. The van der Waals surface area contributed by atoms with Crippen LogP contribution >= 0.6 is 11.3 Å².